The Bertz CT molecular complexity index is 684. The third kappa shape index (κ3) is 1.95. The first-order chi connectivity index (χ1) is 9.31. The molecule has 1 aromatic carbocycles. The van der Waals surface area contributed by atoms with Crippen LogP contribution in [0.2, 0.25) is 0 Å². The number of alkyl halides is 2. The maximum absolute atomic E-state index is 13.9. The lowest BCUT2D eigenvalue weighted by molar-refractivity contribution is -0.0726. The van der Waals surface area contributed by atoms with E-state index < -0.39 is 24.0 Å². The Hall–Kier alpha value is -1.08. The predicted molar refractivity (Wildman–Crippen MR) is 71.2 cm³/mol. The van der Waals surface area contributed by atoms with E-state index in [2.05, 4.69) is 21.0 Å². The monoisotopic (exact) mass is 348 g/mol. The number of hydrogen-bond acceptors (Lipinski definition) is 2. The molecule has 0 bridgehead atoms. The largest absolute Gasteiger partial charge is 0.388 e. The molecule has 1 heterocycles. The summed E-state index contributed by atoms with van der Waals surface area (Å²) in [5.74, 6) is -0.800. The van der Waals surface area contributed by atoms with E-state index in [0.29, 0.717) is 17.3 Å². The summed E-state index contributed by atoms with van der Waals surface area (Å²) < 4.78 is 41.9. The molecule has 20 heavy (non-hydrogen) atoms. The molecule has 2 atom stereocenters. The van der Waals surface area contributed by atoms with Crippen LogP contribution in [0.15, 0.2) is 16.6 Å². The zero-order valence-corrected chi connectivity index (χ0v) is 12.2. The van der Waals surface area contributed by atoms with Gasteiger partial charge in [-0.25, -0.2) is 8.78 Å². The normalized spacial score (nSPS) is 26.2. The molecule has 1 saturated carbocycles. The van der Waals surface area contributed by atoms with Crippen molar-refractivity contribution in [2.45, 2.75) is 37.8 Å². The van der Waals surface area contributed by atoms with Crippen LogP contribution in [0.4, 0.5) is 13.2 Å². The minimum atomic E-state index is -2.74. The third-order valence-corrected chi connectivity index (χ3v) is 4.38. The molecule has 2 unspecified atom stereocenters. The van der Waals surface area contributed by atoms with Crippen molar-refractivity contribution in [3.05, 3.63) is 28.1 Å². The van der Waals surface area contributed by atoms with Crippen molar-refractivity contribution >= 4 is 26.8 Å². The van der Waals surface area contributed by atoms with E-state index in [1.165, 1.54) is 16.8 Å². The summed E-state index contributed by atoms with van der Waals surface area (Å²) in [7, 11) is 0. The van der Waals surface area contributed by atoms with Crippen LogP contribution >= 0.6 is 15.9 Å². The van der Waals surface area contributed by atoms with Gasteiger partial charge in [-0.1, -0.05) is 15.9 Å². The highest BCUT2D eigenvalue weighted by Crippen LogP contribution is 2.44. The number of hydrogen-bond donors (Lipinski definition) is 1. The molecule has 0 amide bonds. The predicted octanol–water partition coefficient (Wildman–Crippen LogP) is 3.96. The van der Waals surface area contributed by atoms with Gasteiger partial charge in [-0.3, -0.25) is 4.68 Å². The topological polar surface area (TPSA) is 38.0 Å². The number of halogens is 4. The van der Waals surface area contributed by atoms with Gasteiger partial charge in [0.15, 0.2) is 0 Å². The molecular weight excluding hydrogens is 337 g/mol. The molecule has 3 rings (SSSR count). The first-order valence-electron chi connectivity index (χ1n) is 6.19. The second-order valence-electron chi connectivity index (χ2n) is 5.34. The van der Waals surface area contributed by atoms with Crippen molar-refractivity contribution in [2.24, 2.45) is 0 Å². The Morgan fingerprint density at radius 2 is 2.20 bits per heavy atom. The summed E-state index contributed by atoms with van der Waals surface area (Å²) >= 11 is 3.10. The van der Waals surface area contributed by atoms with E-state index in [0.717, 1.165) is 0 Å². The van der Waals surface area contributed by atoms with E-state index in [9.17, 15) is 18.3 Å². The Morgan fingerprint density at radius 1 is 1.50 bits per heavy atom. The smallest absolute Gasteiger partial charge is 0.265 e. The quantitative estimate of drug-likeness (QED) is 0.891. The maximum Gasteiger partial charge on any atom is 0.265 e. The molecule has 0 aliphatic heterocycles. The van der Waals surface area contributed by atoms with Crippen LogP contribution in [0.3, 0.4) is 0 Å². The standard InChI is InChI=1S/C13H12BrF3N2O/c1-13(20)3-2-9(13)19-10-7(11(15)16)4-6(14)5-8(10)12(17)18-19/h4-5,9,11,20H,2-3H2,1H3. The second-order valence-corrected chi connectivity index (χ2v) is 6.25. The van der Waals surface area contributed by atoms with Crippen LogP contribution in [0.5, 0.6) is 0 Å². The molecule has 0 saturated heterocycles. The molecule has 1 fully saturated rings. The molecule has 7 heteroatoms. The van der Waals surface area contributed by atoms with Crippen molar-refractivity contribution in [2.75, 3.05) is 0 Å². The van der Waals surface area contributed by atoms with Crippen molar-refractivity contribution in [1.29, 1.82) is 0 Å². The van der Waals surface area contributed by atoms with Gasteiger partial charge in [0.25, 0.3) is 6.43 Å². The fourth-order valence-corrected chi connectivity index (χ4v) is 3.18. The van der Waals surface area contributed by atoms with E-state index in [1.54, 1.807) is 6.92 Å². The van der Waals surface area contributed by atoms with Gasteiger partial charge in [0, 0.05) is 10.0 Å². The van der Waals surface area contributed by atoms with Gasteiger partial charge in [-0.15, -0.1) is 5.10 Å². The Balaban J connectivity index is 2.28. The highest BCUT2D eigenvalue weighted by Gasteiger charge is 2.44. The fraction of sp³-hybridized carbons (Fsp3) is 0.462. The number of aliphatic hydroxyl groups is 1. The van der Waals surface area contributed by atoms with Gasteiger partial charge in [0.05, 0.1) is 22.5 Å². The second kappa shape index (κ2) is 4.46. The van der Waals surface area contributed by atoms with Crippen LogP contribution in [0.25, 0.3) is 10.9 Å². The summed E-state index contributed by atoms with van der Waals surface area (Å²) in [6.07, 6.45) is -1.61. The molecule has 1 aliphatic rings. The van der Waals surface area contributed by atoms with Crippen molar-refractivity contribution in [3.63, 3.8) is 0 Å². The number of aromatic nitrogens is 2. The fourth-order valence-electron chi connectivity index (χ4n) is 2.70. The van der Waals surface area contributed by atoms with Gasteiger partial charge in [0.1, 0.15) is 0 Å². The van der Waals surface area contributed by atoms with Crippen molar-refractivity contribution < 1.29 is 18.3 Å². The SMILES string of the molecule is CC1(O)CCC1n1nc(F)c2cc(Br)cc(C(F)F)c21. The lowest BCUT2D eigenvalue weighted by Crippen LogP contribution is -2.45. The molecule has 1 aromatic heterocycles. The number of rotatable bonds is 2. The van der Waals surface area contributed by atoms with Crippen LogP contribution in [0.1, 0.15) is 37.8 Å². The van der Waals surface area contributed by atoms with E-state index in [1.807, 2.05) is 0 Å². The van der Waals surface area contributed by atoms with Gasteiger partial charge < -0.3 is 5.11 Å². The number of fused-ring (bicyclic) bond motifs is 1. The Kier molecular flexibility index (Phi) is 3.10. The van der Waals surface area contributed by atoms with Gasteiger partial charge >= 0.3 is 0 Å². The van der Waals surface area contributed by atoms with Crippen LogP contribution in [0, 0.1) is 5.95 Å². The molecule has 1 aliphatic carbocycles. The Labute approximate surface area is 121 Å². The maximum atomic E-state index is 13.9. The van der Waals surface area contributed by atoms with E-state index in [-0.39, 0.29) is 16.5 Å². The van der Waals surface area contributed by atoms with Gasteiger partial charge in [-0.05, 0) is 31.9 Å². The lowest BCUT2D eigenvalue weighted by Gasteiger charge is -2.42. The molecule has 3 nitrogen and oxygen atoms in total. The van der Waals surface area contributed by atoms with Gasteiger partial charge in [-0.2, -0.15) is 4.39 Å². The van der Waals surface area contributed by atoms with E-state index >= 15 is 0 Å². The average Bonchev–Trinajstić information content (AvgIpc) is 2.64. The first kappa shape index (κ1) is 13.9. The Morgan fingerprint density at radius 3 is 2.70 bits per heavy atom. The highest BCUT2D eigenvalue weighted by atomic mass is 79.9. The minimum Gasteiger partial charge on any atom is -0.388 e. The average molecular weight is 349 g/mol. The number of benzene rings is 1. The van der Waals surface area contributed by atoms with Crippen LogP contribution in [-0.4, -0.2) is 20.5 Å². The van der Waals surface area contributed by atoms with Crippen molar-refractivity contribution in [3.8, 4) is 0 Å². The molecule has 1 N–H and O–H groups in total. The van der Waals surface area contributed by atoms with Crippen molar-refractivity contribution in [1.82, 2.24) is 9.78 Å². The summed E-state index contributed by atoms with van der Waals surface area (Å²) in [5.41, 5.74) is -1.27. The molecule has 0 spiro atoms. The third-order valence-electron chi connectivity index (χ3n) is 3.92. The molecule has 108 valence electrons. The molecule has 0 radical (unpaired) electrons. The summed E-state index contributed by atoms with van der Waals surface area (Å²) in [6.45, 7) is 1.60. The minimum absolute atomic E-state index is 0.0392. The van der Waals surface area contributed by atoms with Crippen LogP contribution < -0.4 is 0 Å². The zero-order chi connectivity index (χ0) is 14.7. The first-order valence-corrected chi connectivity index (χ1v) is 6.98. The summed E-state index contributed by atoms with van der Waals surface area (Å²) in [6, 6.07) is 2.21. The highest BCUT2D eigenvalue weighted by molar-refractivity contribution is 9.10. The van der Waals surface area contributed by atoms with E-state index in [4.69, 9.17) is 0 Å². The number of nitrogens with zero attached hydrogens (tertiary/aromatic N) is 2. The molecule has 2 aromatic rings. The lowest BCUT2D eigenvalue weighted by atomic mass is 9.76. The summed E-state index contributed by atoms with van der Waals surface area (Å²) in [5, 5.41) is 13.9. The zero-order valence-electron chi connectivity index (χ0n) is 10.6. The summed E-state index contributed by atoms with van der Waals surface area (Å²) in [4.78, 5) is 0. The molecular formula is C13H12BrF3N2O. The van der Waals surface area contributed by atoms with Gasteiger partial charge in [0.2, 0.25) is 5.95 Å². The van der Waals surface area contributed by atoms with Crippen LogP contribution in [-0.2, 0) is 0 Å².